The van der Waals surface area contributed by atoms with E-state index in [0.29, 0.717) is 0 Å². The van der Waals surface area contributed by atoms with Crippen molar-refractivity contribution in [2.45, 2.75) is 24.7 Å². The fraction of sp³-hybridized carbons (Fsp3) is 0.0625. The molecule has 1 aromatic heterocycles. The predicted octanol–water partition coefficient (Wildman–Crippen LogP) is 16.6. The van der Waals surface area contributed by atoms with Crippen LogP contribution < -0.4 is 4.90 Å². The number of fused-ring (bicyclic) bond motifs is 15. The van der Waals surface area contributed by atoms with E-state index in [1.165, 1.54) is 105 Å². The Kier molecular flexibility index (Phi) is 7.70. The maximum absolute atomic E-state index is 2.57. The lowest BCUT2D eigenvalue weighted by molar-refractivity contribution is 0.660. The summed E-state index contributed by atoms with van der Waals surface area (Å²) in [6, 6.07) is 86.3. The Morgan fingerprint density at radius 1 is 0.348 bits per heavy atom. The molecule has 3 aliphatic rings. The number of anilines is 3. The Morgan fingerprint density at radius 2 is 0.909 bits per heavy atom. The molecule has 0 saturated heterocycles. The number of para-hydroxylation sites is 3. The van der Waals surface area contributed by atoms with Gasteiger partial charge in [0, 0.05) is 33.1 Å². The summed E-state index contributed by atoms with van der Waals surface area (Å²) in [6.45, 7) is 4.72. The highest BCUT2D eigenvalue weighted by atomic mass is 15.1. The van der Waals surface area contributed by atoms with Crippen molar-refractivity contribution in [3.05, 3.63) is 264 Å². The van der Waals surface area contributed by atoms with Gasteiger partial charge in [-0.25, -0.2) is 0 Å². The van der Waals surface area contributed by atoms with Crippen molar-refractivity contribution in [2.24, 2.45) is 0 Å². The van der Waals surface area contributed by atoms with Crippen LogP contribution in [-0.2, 0) is 10.8 Å². The second kappa shape index (κ2) is 13.7. The number of hydrogen-bond acceptors (Lipinski definition) is 1. The van der Waals surface area contributed by atoms with Crippen molar-refractivity contribution in [3.63, 3.8) is 0 Å². The zero-order valence-electron chi connectivity index (χ0n) is 36.8. The summed E-state index contributed by atoms with van der Waals surface area (Å²) in [5, 5.41) is 2.56. The van der Waals surface area contributed by atoms with Crippen LogP contribution in [0.2, 0.25) is 0 Å². The van der Waals surface area contributed by atoms with Crippen LogP contribution in [0.5, 0.6) is 0 Å². The summed E-state index contributed by atoms with van der Waals surface area (Å²) in [5.41, 5.74) is 24.5. The molecule has 0 unspecified atom stereocenters. The Hall–Kier alpha value is -8.20. The second-order valence-electron chi connectivity index (χ2n) is 18.8. The molecule has 1 spiro atoms. The van der Waals surface area contributed by atoms with Crippen molar-refractivity contribution in [1.29, 1.82) is 0 Å². The van der Waals surface area contributed by atoms with Gasteiger partial charge in [0.05, 0.1) is 27.8 Å². The van der Waals surface area contributed by atoms with Gasteiger partial charge in [0.25, 0.3) is 0 Å². The minimum atomic E-state index is -0.497. The van der Waals surface area contributed by atoms with E-state index in [9.17, 15) is 0 Å². The highest BCUT2D eigenvalue weighted by Crippen LogP contribution is 2.61. The molecule has 2 heterocycles. The molecule has 1 aliphatic heterocycles. The predicted molar refractivity (Wildman–Crippen MR) is 275 cm³/mol. The molecule has 0 N–H and O–H groups in total. The third kappa shape index (κ3) is 4.91. The Morgan fingerprint density at radius 3 is 1.70 bits per heavy atom. The molecule has 2 nitrogen and oxygen atoms in total. The van der Waals surface area contributed by atoms with Gasteiger partial charge in [-0.15, -0.1) is 0 Å². The molecule has 2 heteroatoms. The maximum atomic E-state index is 2.57. The lowest BCUT2D eigenvalue weighted by Gasteiger charge is -2.40. The van der Waals surface area contributed by atoms with Crippen LogP contribution in [0, 0.1) is 0 Å². The minimum Gasteiger partial charge on any atom is -0.310 e. The Labute approximate surface area is 385 Å². The van der Waals surface area contributed by atoms with E-state index < -0.39 is 5.41 Å². The van der Waals surface area contributed by atoms with Gasteiger partial charge < -0.3 is 9.47 Å². The van der Waals surface area contributed by atoms with Gasteiger partial charge >= 0.3 is 0 Å². The molecule has 10 aromatic carbocycles. The second-order valence-corrected chi connectivity index (χ2v) is 18.8. The monoisotopic (exact) mass is 840 g/mol. The zero-order valence-corrected chi connectivity index (χ0v) is 36.8. The zero-order chi connectivity index (χ0) is 43.7. The van der Waals surface area contributed by atoms with E-state index in [2.05, 4.69) is 254 Å². The third-order valence-electron chi connectivity index (χ3n) is 15.2. The van der Waals surface area contributed by atoms with E-state index in [4.69, 9.17) is 0 Å². The van der Waals surface area contributed by atoms with Gasteiger partial charge in [0.1, 0.15) is 0 Å². The van der Waals surface area contributed by atoms with Crippen molar-refractivity contribution < 1.29 is 0 Å². The molecule has 0 fully saturated rings. The van der Waals surface area contributed by atoms with Crippen LogP contribution in [0.1, 0.15) is 47.2 Å². The van der Waals surface area contributed by atoms with Gasteiger partial charge in [-0.2, -0.15) is 0 Å². The largest absolute Gasteiger partial charge is 0.310 e. The lowest BCUT2D eigenvalue weighted by atomic mass is 9.65. The van der Waals surface area contributed by atoms with Crippen LogP contribution >= 0.6 is 0 Å². The Bertz CT molecular complexity index is 3760. The number of nitrogens with zero attached hydrogens (tertiary/aromatic N) is 2. The van der Waals surface area contributed by atoms with Crippen molar-refractivity contribution in [1.82, 2.24) is 4.57 Å². The van der Waals surface area contributed by atoms with Crippen LogP contribution in [0.4, 0.5) is 17.1 Å². The molecule has 0 radical (unpaired) electrons. The van der Waals surface area contributed by atoms with E-state index in [-0.39, 0.29) is 5.41 Å². The topological polar surface area (TPSA) is 8.17 Å². The van der Waals surface area contributed by atoms with E-state index >= 15 is 0 Å². The molecule has 2 aliphatic carbocycles. The summed E-state index contributed by atoms with van der Waals surface area (Å²) in [4.78, 5) is 2.49. The molecule has 0 bridgehead atoms. The van der Waals surface area contributed by atoms with E-state index in [1.54, 1.807) is 0 Å². The smallest absolute Gasteiger partial charge is 0.0754 e. The van der Waals surface area contributed by atoms with Crippen LogP contribution in [0.3, 0.4) is 0 Å². The van der Waals surface area contributed by atoms with E-state index in [0.717, 1.165) is 17.1 Å². The number of benzene rings is 10. The van der Waals surface area contributed by atoms with Crippen LogP contribution in [0.15, 0.2) is 231 Å². The summed E-state index contributed by atoms with van der Waals surface area (Å²) < 4.78 is 2.57. The number of hydrogen-bond donors (Lipinski definition) is 0. The van der Waals surface area contributed by atoms with Crippen molar-refractivity contribution in [2.75, 3.05) is 4.90 Å². The quantitative estimate of drug-likeness (QED) is 0.168. The molecular formula is C64H44N2. The summed E-state index contributed by atoms with van der Waals surface area (Å²) in [6.07, 6.45) is 0. The maximum Gasteiger partial charge on any atom is 0.0754 e. The highest BCUT2D eigenvalue weighted by molar-refractivity contribution is 6.13. The first kappa shape index (κ1) is 37.2. The molecule has 66 heavy (non-hydrogen) atoms. The van der Waals surface area contributed by atoms with Crippen molar-refractivity contribution >= 4 is 38.9 Å². The molecule has 310 valence electrons. The molecule has 14 rings (SSSR count). The van der Waals surface area contributed by atoms with Gasteiger partial charge in [0.15, 0.2) is 0 Å². The molecule has 0 amide bonds. The normalized spacial score (nSPS) is 14.2. The molecule has 0 saturated carbocycles. The number of rotatable bonds is 5. The SMILES string of the molecule is CC1(C)c2ccccc2-c2cc(N(c3cccc(-c4ccccc4)c3)c3ccccc3-c3ccc4c(c3)-n3c5ccccc5c5cccc(c53)C43c4ccccc4-c4ccccc43)ccc21. The fourth-order valence-electron chi connectivity index (χ4n) is 12.4. The first-order valence-electron chi connectivity index (χ1n) is 23.2. The van der Waals surface area contributed by atoms with Gasteiger partial charge in [-0.05, 0) is 115 Å². The standard InChI is InChI=1S/C64H44N2/c1-63(2)53-28-11-6-25-49(53)52-40-45(35-37-54(52)63)65(44-21-16-20-42(38-44)41-18-4-3-5-19-41)59-32-14-9-22-46(59)43-34-36-57-61(39-43)66-60-33-15-10-26-50(60)51-27-17-31-58(62(51)66)64(57)55-29-12-7-23-47(55)48-24-8-13-30-56(48)64/h3-40H,1-2H3. The lowest BCUT2D eigenvalue weighted by Crippen LogP contribution is -2.33. The van der Waals surface area contributed by atoms with Gasteiger partial charge in [-0.3, -0.25) is 0 Å². The highest BCUT2D eigenvalue weighted by Gasteiger charge is 2.50. The van der Waals surface area contributed by atoms with Gasteiger partial charge in [-0.1, -0.05) is 202 Å². The molecule has 11 aromatic rings. The Balaban J connectivity index is 1.04. The average molecular weight is 841 g/mol. The molecular weight excluding hydrogens is 797 g/mol. The fourth-order valence-corrected chi connectivity index (χ4v) is 12.4. The minimum absolute atomic E-state index is 0.0894. The van der Waals surface area contributed by atoms with Crippen LogP contribution in [0.25, 0.3) is 72.0 Å². The van der Waals surface area contributed by atoms with Crippen molar-refractivity contribution in [3.8, 4) is 50.2 Å². The van der Waals surface area contributed by atoms with Gasteiger partial charge in [0.2, 0.25) is 0 Å². The average Bonchev–Trinajstić information content (AvgIpc) is 3.95. The summed E-state index contributed by atoms with van der Waals surface area (Å²) >= 11 is 0. The third-order valence-corrected chi connectivity index (χ3v) is 15.2. The molecule has 0 atom stereocenters. The number of aromatic nitrogens is 1. The first-order chi connectivity index (χ1) is 32.5. The summed E-state index contributed by atoms with van der Waals surface area (Å²) in [5.74, 6) is 0. The van der Waals surface area contributed by atoms with E-state index in [1.807, 2.05) is 0 Å². The first-order valence-corrected chi connectivity index (χ1v) is 23.2. The summed E-state index contributed by atoms with van der Waals surface area (Å²) in [7, 11) is 0. The van der Waals surface area contributed by atoms with Crippen LogP contribution in [-0.4, -0.2) is 4.57 Å².